The van der Waals surface area contributed by atoms with Gasteiger partial charge in [-0.1, -0.05) is 226 Å². The van der Waals surface area contributed by atoms with Gasteiger partial charge in [-0.2, -0.15) is 0 Å². The van der Waals surface area contributed by atoms with Crippen LogP contribution in [0.1, 0.15) is 111 Å². The predicted octanol–water partition coefficient (Wildman–Crippen LogP) is 13.4. The molecule has 3 aromatic carbocycles. The van der Waals surface area contributed by atoms with Crippen LogP contribution >= 0.6 is 11.7 Å². The normalized spacial score (nSPS) is 7.76. The fraction of sp³-hybridized carbons (Fsp3) is 0.486. The Morgan fingerprint density at radius 1 is 0.381 bits per heavy atom. The molecule has 0 radical (unpaired) electrons. The van der Waals surface area contributed by atoms with Crippen molar-refractivity contribution in [1.29, 1.82) is 0 Å². The lowest BCUT2D eigenvalue weighted by molar-refractivity contribution is 1.04. The fourth-order valence-corrected chi connectivity index (χ4v) is 8.12. The van der Waals surface area contributed by atoms with Crippen LogP contribution in [-0.2, 0) is 58.9 Å². The lowest BCUT2D eigenvalue weighted by Gasteiger charge is -2.32. The van der Waals surface area contributed by atoms with E-state index in [1.807, 2.05) is 220 Å². The highest BCUT2D eigenvalue weighted by atomic mass is 33.5. The molecule has 0 aromatic heterocycles. The molecule has 0 atom stereocenters. The largest absolute Gasteiger partial charge is 0.331 e. The van der Waals surface area contributed by atoms with E-state index in [0.717, 1.165) is 0 Å². The van der Waals surface area contributed by atoms with Crippen LogP contribution in [0.15, 0.2) is 109 Å². The summed E-state index contributed by atoms with van der Waals surface area (Å²) >= 11 is 24.1. The summed E-state index contributed by atoms with van der Waals surface area (Å²) in [5.74, 6) is 0. The zero-order valence-corrected chi connectivity index (χ0v) is 35.6. The Balaban J connectivity index is -0.0000000542. The van der Waals surface area contributed by atoms with Gasteiger partial charge in [-0.25, -0.2) is 0 Å². The van der Waals surface area contributed by atoms with Gasteiger partial charge in [0.2, 0.25) is 0 Å². The van der Waals surface area contributed by atoms with Crippen LogP contribution in [0.4, 0.5) is 0 Å². The van der Waals surface area contributed by atoms with Crippen molar-refractivity contribution in [1.82, 2.24) is 0 Å². The summed E-state index contributed by atoms with van der Waals surface area (Å²) in [6.07, 6.45) is -1.74. The van der Waals surface area contributed by atoms with Gasteiger partial charge in [-0.15, -0.1) is 11.7 Å². The molecular weight excluding hydrogens is 645 g/mol. The number of rotatable bonds is 2. The maximum Gasteiger partial charge on any atom is -0.0348 e. The molecule has 0 saturated heterocycles. The molecule has 0 spiro atoms. The quantitative estimate of drug-likeness (QED) is 0.160. The van der Waals surface area contributed by atoms with E-state index in [4.69, 9.17) is 44.8 Å². The van der Waals surface area contributed by atoms with E-state index in [2.05, 4.69) is 11.7 Å². The standard InChI is InChI=1S/3C6H6.C3H7S7.7C2H6/c3*1-2-4-6-5-3-1;1-3(2,9(4)5)10(6,7)8;7*1-2/h3*1-6H;1-2H3,(H,6,7,8);7*1-2H3/q;;;-1;;;;;;;. The minimum absolute atomic E-state index is 0.328. The van der Waals surface area contributed by atoms with Gasteiger partial charge >= 0.3 is 0 Å². The second-order valence-corrected chi connectivity index (χ2v) is 18.7. The fourth-order valence-electron chi connectivity index (χ4n) is 1.24. The minimum Gasteiger partial charge on any atom is -0.331 e. The first-order valence-electron chi connectivity index (χ1n) is 15.3. The van der Waals surface area contributed by atoms with Crippen LogP contribution < -0.4 is 0 Å². The molecule has 0 aliphatic carbocycles. The first-order chi connectivity index (χ1) is 20.2. The van der Waals surface area contributed by atoms with E-state index in [-0.39, 0.29) is 4.08 Å². The third kappa shape index (κ3) is 55.5. The summed E-state index contributed by atoms with van der Waals surface area (Å²) in [6.45, 7) is 31.8. The Bertz CT molecular complexity index is 729. The maximum absolute atomic E-state index is 5.03. The maximum atomic E-state index is 5.03. The second kappa shape index (κ2) is 59.9. The Hall–Kier alpha value is -0.410. The van der Waals surface area contributed by atoms with Crippen molar-refractivity contribution >= 4 is 70.6 Å². The molecule has 3 aromatic rings. The average Bonchev–Trinajstić information content (AvgIpc) is 3.10. The Kier molecular flexibility index (Phi) is 86.6. The smallest absolute Gasteiger partial charge is 0.0348 e. The van der Waals surface area contributed by atoms with Crippen molar-refractivity contribution in [2.45, 2.75) is 115 Å². The zero-order chi connectivity index (χ0) is 35.3. The first kappa shape index (κ1) is 60.7. The van der Waals surface area contributed by atoms with Crippen LogP contribution in [0, 0.1) is 0 Å². The SMILES string of the molecule is CC.CC.CC.CC.CC.CC.CC.CC(C)([S-](=S)=S)S(=S)(=S)S.c1ccccc1.c1ccccc1.c1ccccc1. The number of hydrogen-bond acceptors (Lipinski definition) is 5. The van der Waals surface area contributed by atoms with E-state index in [1.54, 1.807) is 0 Å². The van der Waals surface area contributed by atoms with Crippen molar-refractivity contribution in [3.63, 3.8) is 0 Å². The third-order valence-corrected chi connectivity index (χ3v) is 14.3. The van der Waals surface area contributed by atoms with Crippen molar-refractivity contribution in [3.8, 4) is 0 Å². The summed E-state index contributed by atoms with van der Waals surface area (Å²) in [6, 6.07) is 36.0. The molecule has 0 heterocycles. The zero-order valence-electron chi connectivity index (χ0n) is 29.8. The van der Waals surface area contributed by atoms with E-state index in [9.17, 15) is 0 Å². The Labute approximate surface area is 292 Å². The van der Waals surface area contributed by atoms with Gasteiger partial charge in [0.15, 0.2) is 0 Å². The van der Waals surface area contributed by atoms with E-state index in [0.29, 0.717) is 0 Å². The molecule has 0 amide bonds. The summed E-state index contributed by atoms with van der Waals surface area (Å²) in [7, 11) is -0.576. The van der Waals surface area contributed by atoms with Crippen LogP contribution in [0.5, 0.6) is 0 Å². The molecule has 0 nitrogen and oxygen atoms in total. The number of benzene rings is 3. The minimum atomic E-state index is -1.74. The van der Waals surface area contributed by atoms with Crippen LogP contribution in [-0.4, -0.2) is 4.08 Å². The van der Waals surface area contributed by atoms with Gasteiger partial charge in [-0.3, -0.25) is 22.4 Å². The Morgan fingerprint density at radius 3 is 0.500 bits per heavy atom. The van der Waals surface area contributed by atoms with Gasteiger partial charge in [0.1, 0.15) is 0 Å². The molecule has 0 N–H and O–H groups in total. The van der Waals surface area contributed by atoms with Gasteiger partial charge < -0.3 is 8.01 Å². The second-order valence-electron chi connectivity index (χ2n) is 5.57. The lowest BCUT2D eigenvalue weighted by Crippen LogP contribution is -2.26. The van der Waals surface area contributed by atoms with Crippen molar-refractivity contribution < 1.29 is 0 Å². The van der Waals surface area contributed by atoms with Crippen molar-refractivity contribution in [2.24, 2.45) is 0 Å². The summed E-state index contributed by atoms with van der Waals surface area (Å²) in [4.78, 5) is 0. The molecule has 3 rings (SSSR count). The molecule has 7 heteroatoms. The summed E-state index contributed by atoms with van der Waals surface area (Å²) < 4.78 is -0.328. The van der Waals surface area contributed by atoms with E-state index >= 15 is 0 Å². The Morgan fingerprint density at radius 2 is 0.476 bits per heavy atom. The van der Waals surface area contributed by atoms with Crippen LogP contribution in [0.3, 0.4) is 0 Å². The molecule has 0 unspecified atom stereocenters. The van der Waals surface area contributed by atoms with E-state index < -0.39 is 14.2 Å². The third-order valence-electron chi connectivity index (χ3n) is 3.02. The summed E-state index contributed by atoms with van der Waals surface area (Å²) in [5, 5.41) is 0. The lowest BCUT2D eigenvalue weighted by atomic mass is 10.4. The monoisotopic (exact) mass is 711 g/mol. The highest BCUT2D eigenvalue weighted by Gasteiger charge is 2.14. The molecule has 0 saturated carbocycles. The van der Waals surface area contributed by atoms with Gasteiger partial charge in [-0.05, 0) is 26.5 Å². The highest BCUT2D eigenvalue weighted by Crippen LogP contribution is 2.22. The molecule has 0 bridgehead atoms. The van der Waals surface area contributed by atoms with Crippen molar-refractivity contribution in [2.75, 3.05) is 0 Å². The number of thiol groups is 1. The van der Waals surface area contributed by atoms with Gasteiger partial charge in [0.05, 0.1) is 0 Å². The summed E-state index contributed by atoms with van der Waals surface area (Å²) in [5.41, 5.74) is 0. The van der Waals surface area contributed by atoms with Gasteiger partial charge in [0.25, 0.3) is 0 Å². The molecule has 42 heavy (non-hydrogen) atoms. The first-order valence-corrected chi connectivity index (χ1v) is 22.9. The van der Waals surface area contributed by atoms with Gasteiger partial charge in [0, 0.05) is 0 Å². The van der Waals surface area contributed by atoms with Crippen molar-refractivity contribution in [3.05, 3.63) is 109 Å². The topological polar surface area (TPSA) is 0 Å². The molecule has 250 valence electrons. The molecular formula is C35H67S7-. The van der Waals surface area contributed by atoms with E-state index in [1.165, 1.54) is 0 Å². The molecule has 0 fully saturated rings. The number of hydrogen-bond donors (Lipinski definition) is 1. The van der Waals surface area contributed by atoms with Crippen LogP contribution in [0.25, 0.3) is 0 Å². The highest BCUT2D eigenvalue weighted by molar-refractivity contribution is 8.95. The molecule has 0 aliphatic rings. The molecule has 0 aliphatic heterocycles. The average molecular weight is 712 g/mol. The van der Waals surface area contributed by atoms with Crippen LogP contribution in [0.2, 0.25) is 0 Å². The predicted molar refractivity (Wildman–Crippen MR) is 226 cm³/mol.